The molecule has 0 saturated carbocycles. The third-order valence-electron chi connectivity index (χ3n) is 12.7. The molecule has 0 atom stereocenters. The number of rotatable bonds is 10. The molecule has 0 saturated heterocycles. The highest BCUT2D eigenvalue weighted by Crippen LogP contribution is 2.48. The van der Waals surface area contributed by atoms with Crippen LogP contribution in [-0.2, 0) is 0 Å². The molecule has 0 amide bonds. The monoisotopic (exact) mass is 838 g/mol. The normalized spacial score (nSPS) is 11.0. The Balaban J connectivity index is 1.28. The van der Waals surface area contributed by atoms with E-state index in [0.717, 1.165) is 11.1 Å². The third kappa shape index (κ3) is 7.76. The smallest absolute Gasteiger partial charge is 0.00201 e. The summed E-state index contributed by atoms with van der Waals surface area (Å²) in [4.78, 5) is 0. The molecular formula is C66H46. The molecule has 66 heavy (non-hydrogen) atoms. The van der Waals surface area contributed by atoms with E-state index in [9.17, 15) is 0 Å². The molecule has 0 unspecified atom stereocenters. The molecule has 11 aromatic rings. The molecule has 0 N–H and O–H groups in total. The standard InChI is InChI=1S/C66H46/c1-9-25-47(26-10-1)61(48-27-11-2-12-28-48)63(51-33-17-5-18-34-51)55-41-43-57-58-44-42-56(46-60(58)66(54-39-23-8-24-40-54)65(59(57)45-55)53-37-21-7-22-38-53)64(52-35-19-6-20-36-52)62(49-29-13-3-14-30-49)50-31-15-4-16-32-50/h1-46H. The summed E-state index contributed by atoms with van der Waals surface area (Å²) in [6.45, 7) is 0. The van der Waals surface area contributed by atoms with Gasteiger partial charge in [-0.15, -0.1) is 0 Å². The molecule has 11 aromatic carbocycles. The molecule has 0 spiro atoms. The maximum Gasteiger partial charge on any atom is -0.00201 e. The van der Waals surface area contributed by atoms with Gasteiger partial charge in [0.25, 0.3) is 0 Å². The van der Waals surface area contributed by atoms with Crippen LogP contribution in [0.3, 0.4) is 0 Å². The van der Waals surface area contributed by atoms with Gasteiger partial charge in [0.15, 0.2) is 0 Å². The second-order valence-electron chi connectivity index (χ2n) is 16.7. The van der Waals surface area contributed by atoms with Gasteiger partial charge in [-0.1, -0.05) is 267 Å². The van der Waals surface area contributed by atoms with E-state index in [1.807, 2.05) is 0 Å². The van der Waals surface area contributed by atoms with Crippen molar-refractivity contribution in [3.8, 4) is 22.3 Å². The second kappa shape index (κ2) is 18.3. The maximum atomic E-state index is 2.46. The highest BCUT2D eigenvalue weighted by Gasteiger charge is 2.23. The van der Waals surface area contributed by atoms with Crippen LogP contribution < -0.4 is 0 Å². The Bertz CT molecular complexity index is 3160. The van der Waals surface area contributed by atoms with Crippen molar-refractivity contribution in [1.29, 1.82) is 0 Å². The summed E-state index contributed by atoms with van der Waals surface area (Å²) < 4.78 is 0. The first-order chi connectivity index (χ1) is 32.8. The van der Waals surface area contributed by atoms with Crippen molar-refractivity contribution in [2.24, 2.45) is 0 Å². The predicted molar refractivity (Wildman–Crippen MR) is 281 cm³/mol. The minimum Gasteiger partial charge on any atom is -0.0622 e. The summed E-state index contributed by atoms with van der Waals surface area (Å²) in [6, 6.07) is 102. The van der Waals surface area contributed by atoms with Crippen molar-refractivity contribution in [2.45, 2.75) is 0 Å². The highest BCUT2D eigenvalue weighted by molar-refractivity contribution is 6.23. The van der Waals surface area contributed by atoms with E-state index in [1.165, 1.54) is 99.5 Å². The zero-order chi connectivity index (χ0) is 44.1. The van der Waals surface area contributed by atoms with Gasteiger partial charge < -0.3 is 0 Å². The Hall–Kier alpha value is -8.58. The van der Waals surface area contributed by atoms with Crippen LogP contribution in [-0.4, -0.2) is 0 Å². The van der Waals surface area contributed by atoms with Crippen molar-refractivity contribution in [2.75, 3.05) is 0 Å². The molecule has 0 aromatic heterocycles. The van der Waals surface area contributed by atoms with Gasteiger partial charge in [-0.2, -0.15) is 0 Å². The average molecular weight is 839 g/mol. The first-order valence-electron chi connectivity index (χ1n) is 22.8. The lowest BCUT2D eigenvalue weighted by Gasteiger charge is -2.23. The second-order valence-corrected chi connectivity index (χ2v) is 16.7. The summed E-state index contributed by atoms with van der Waals surface area (Å²) in [5, 5.41) is 4.84. The fourth-order valence-corrected chi connectivity index (χ4v) is 9.81. The summed E-state index contributed by atoms with van der Waals surface area (Å²) in [6.07, 6.45) is 0. The maximum absolute atomic E-state index is 2.46. The van der Waals surface area contributed by atoms with Crippen LogP contribution in [0.5, 0.6) is 0 Å². The van der Waals surface area contributed by atoms with E-state index in [4.69, 9.17) is 0 Å². The topological polar surface area (TPSA) is 0 Å². The van der Waals surface area contributed by atoms with Gasteiger partial charge in [0, 0.05) is 0 Å². The molecule has 0 heteroatoms. The van der Waals surface area contributed by atoms with Gasteiger partial charge in [-0.05, 0) is 123 Å². The van der Waals surface area contributed by atoms with Crippen molar-refractivity contribution < 1.29 is 0 Å². The molecule has 0 radical (unpaired) electrons. The Morgan fingerprint density at radius 1 is 0.167 bits per heavy atom. The summed E-state index contributed by atoms with van der Waals surface area (Å²) >= 11 is 0. The van der Waals surface area contributed by atoms with E-state index >= 15 is 0 Å². The van der Waals surface area contributed by atoms with Crippen LogP contribution in [0.2, 0.25) is 0 Å². The molecule has 0 bridgehead atoms. The van der Waals surface area contributed by atoms with Gasteiger partial charge in [-0.25, -0.2) is 0 Å². The largest absolute Gasteiger partial charge is 0.0622 e. The van der Waals surface area contributed by atoms with E-state index in [-0.39, 0.29) is 0 Å². The number of hydrogen-bond donors (Lipinski definition) is 0. The zero-order valence-corrected chi connectivity index (χ0v) is 36.6. The zero-order valence-electron chi connectivity index (χ0n) is 36.6. The van der Waals surface area contributed by atoms with E-state index < -0.39 is 0 Å². The number of benzene rings is 11. The van der Waals surface area contributed by atoms with Crippen LogP contribution in [0.4, 0.5) is 0 Å². The van der Waals surface area contributed by atoms with Crippen LogP contribution in [0.25, 0.3) is 66.1 Å². The van der Waals surface area contributed by atoms with Crippen molar-refractivity contribution in [3.05, 3.63) is 324 Å². The van der Waals surface area contributed by atoms with Gasteiger partial charge in [-0.3, -0.25) is 0 Å². The minimum absolute atomic E-state index is 1.16. The molecule has 0 aliphatic carbocycles. The molecule has 0 aliphatic heterocycles. The summed E-state index contributed by atoms with van der Waals surface area (Å²) in [5.41, 5.74) is 18.9. The van der Waals surface area contributed by atoms with E-state index in [1.54, 1.807) is 0 Å². The Labute approximate surface area is 387 Å². The van der Waals surface area contributed by atoms with Crippen LogP contribution >= 0.6 is 0 Å². The molecule has 310 valence electrons. The Morgan fingerprint density at radius 3 is 0.621 bits per heavy atom. The Kier molecular flexibility index (Phi) is 11.1. The van der Waals surface area contributed by atoms with E-state index in [0.29, 0.717) is 0 Å². The van der Waals surface area contributed by atoms with Crippen LogP contribution in [0.15, 0.2) is 279 Å². The summed E-state index contributed by atoms with van der Waals surface area (Å²) in [7, 11) is 0. The molecule has 0 heterocycles. The molecular weight excluding hydrogens is 793 g/mol. The first-order valence-corrected chi connectivity index (χ1v) is 22.8. The fourth-order valence-electron chi connectivity index (χ4n) is 9.81. The first kappa shape index (κ1) is 40.2. The van der Waals surface area contributed by atoms with Gasteiger partial charge in [0.1, 0.15) is 0 Å². The van der Waals surface area contributed by atoms with Crippen molar-refractivity contribution in [3.63, 3.8) is 0 Å². The average Bonchev–Trinajstić information content (AvgIpc) is 3.40. The van der Waals surface area contributed by atoms with Crippen LogP contribution in [0.1, 0.15) is 44.5 Å². The van der Waals surface area contributed by atoms with Gasteiger partial charge in [0.05, 0.1) is 0 Å². The molecule has 11 rings (SSSR count). The lowest BCUT2D eigenvalue weighted by molar-refractivity contribution is 1.51. The minimum atomic E-state index is 1.16. The number of fused-ring (bicyclic) bond motifs is 3. The summed E-state index contributed by atoms with van der Waals surface area (Å²) in [5.74, 6) is 0. The Morgan fingerprint density at radius 2 is 0.379 bits per heavy atom. The molecule has 0 nitrogen and oxygen atoms in total. The number of hydrogen-bond acceptors (Lipinski definition) is 0. The van der Waals surface area contributed by atoms with Crippen molar-refractivity contribution in [1.82, 2.24) is 0 Å². The van der Waals surface area contributed by atoms with Crippen LogP contribution in [0, 0.1) is 0 Å². The van der Waals surface area contributed by atoms with Crippen molar-refractivity contribution >= 4 is 43.8 Å². The lowest BCUT2D eigenvalue weighted by atomic mass is 9.80. The molecule has 0 fully saturated rings. The SMILES string of the molecule is c1ccc(C(=C(c2ccccc2)c2ccc3c(c2)c(-c2ccccc2)c(-c2ccccc2)c2cc(C(=C(c4ccccc4)c4ccccc4)c4ccccc4)ccc23)c2ccccc2)cc1. The van der Waals surface area contributed by atoms with E-state index in [2.05, 4.69) is 279 Å². The predicted octanol–water partition coefficient (Wildman–Crippen LogP) is 17.3. The quantitative estimate of drug-likeness (QED) is 0.0951. The third-order valence-corrected chi connectivity index (χ3v) is 12.7. The fraction of sp³-hybridized carbons (Fsp3) is 0. The van der Waals surface area contributed by atoms with Gasteiger partial charge >= 0.3 is 0 Å². The van der Waals surface area contributed by atoms with Gasteiger partial charge in [0.2, 0.25) is 0 Å². The lowest BCUT2D eigenvalue weighted by Crippen LogP contribution is -1.99. The highest BCUT2D eigenvalue weighted by atomic mass is 14.3. The molecule has 0 aliphatic rings.